The second kappa shape index (κ2) is 4.87. The molecule has 0 amide bonds. The highest BCUT2D eigenvalue weighted by molar-refractivity contribution is 5.27. The van der Waals surface area contributed by atoms with Crippen LogP contribution in [0.5, 0.6) is 0 Å². The molecule has 0 bridgehead atoms. The van der Waals surface area contributed by atoms with Crippen LogP contribution in [0.3, 0.4) is 0 Å². The molecule has 0 saturated carbocycles. The summed E-state index contributed by atoms with van der Waals surface area (Å²) in [4.78, 5) is 6.13. The van der Waals surface area contributed by atoms with Crippen LogP contribution >= 0.6 is 0 Å². The molecule has 0 aromatic carbocycles. The minimum absolute atomic E-state index is 0.142. The standard InChI is InChI=1S/C12H16F2N2/c1-2-9-5-10-3-4-16(8-12(13)14)7-11(10)15-6-9/h5-6,12H,2-4,7-8H2,1H3. The maximum Gasteiger partial charge on any atom is 0.251 e. The van der Waals surface area contributed by atoms with Crippen molar-refractivity contribution in [2.75, 3.05) is 13.1 Å². The Balaban J connectivity index is 2.09. The summed E-state index contributed by atoms with van der Waals surface area (Å²) in [6, 6.07) is 2.15. The fourth-order valence-corrected chi connectivity index (χ4v) is 2.06. The third kappa shape index (κ3) is 2.55. The van der Waals surface area contributed by atoms with Crippen LogP contribution in [-0.4, -0.2) is 29.4 Å². The van der Waals surface area contributed by atoms with Gasteiger partial charge in [-0.2, -0.15) is 0 Å². The third-order valence-corrected chi connectivity index (χ3v) is 2.99. The summed E-state index contributed by atoms with van der Waals surface area (Å²) in [6.07, 6.45) is 1.41. The van der Waals surface area contributed by atoms with E-state index in [9.17, 15) is 8.78 Å². The van der Waals surface area contributed by atoms with Crippen LogP contribution in [0.1, 0.15) is 23.7 Å². The normalized spacial score (nSPS) is 16.5. The molecule has 0 aliphatic carbocycles. The molecule has 0 atom stereocenters. The number of halogens is 2. The number of alkyl halides is 2. The molecule has 1 aromatic heterocycles. The molecule has 0 saturated heterocycles. The average Bonchev–Trinajstić information content (AvgIpc) is 2.27. The highest BCUT2D eigenvalue weighted by Crippen LogP contribution is 2.18. The van der Waals surface area contributed by atoms with E-state index in [1.165, 1.54) is 11.1 Å². The Labute approximate surface area is 94.3 Å². The van der Waals surface area contributed by atoms with Crippen LogP contribution in [0.15, 0.2) is 12.3 Å². The van der Waals surface area contributed by atoms with Crippen LogP contribution in [0, 0.1) is 0 Å². The van der Waals surface area contributed by atoms with Gasteiger partial charge in [0.05, 0.1) is 12.2 Å². The van der Waals surface area contributed by atoms with Crippen LogP contribution < -0.4 is 0 Å². The second-order valence-corrected chi connectivity index (χ2v) is 4.18. The van der Waals surface area contributed by atoms with Crippen molar-refractivity contribution in [1.29, 1.82) is 0 Å². The van der Waals surface area contributed by atoms with E-state index in [0.717, 1.165) is 18.5 Å². The average molecular weight is 226 g/mol. The lowest BCUT2D eigenvalue weighted by Gasteiger charge is -2.27. The van der Waals surface area contributed by atoms with Crippen LogP contribution in [-0.2, 0) is 19.4 Å². The van der Waals surface area contributed by atoms with Crippen molar-refractivity contribution in [1.82, 2.24) is 9.88 Å². The molecule has 2 heterocycles. The number of hydrogen-bond acceptors (Lipinski definition) is 2. The summed E-state index contributed by atoms with van der Waals surface area (Å²) in [7, 11) is 0. The van der Waals surface area contributed by atoms with E-state index in [-0.39, 0.29) is 6.54 Å². The highest BCUT2D eigenvalue weighted by atomic mass is 19.3. The maximum atomic E-state index is 12.3. The van der Waals surface area contributed by atoms with Gasteiger partial charge in [0.2, 0.25) is 0 Å². The summed E-state index contributed by atoms with van der Waals surface area (Å²) < 4.78 is 24.5. The van der Waals surface area contributed by atoms with Gasteiger partial charge in [-0.3, -0.25) is 9.88 Å². The van der Waals surface area contributed by atoms with Gasteiger partial charge in [-0.05, 0) is 24.0 Å². The molecule has 0 unspecified atom stereocenters. The van der Waals surface area contributed by atoms with Gasteiger partial charge in [0.15, 0.2) is 0 Å². The minimum Gasteiger partial charge on any atom is -0.292 e. The summed E-state index contributed by atoms with van der Waals surface area (Å²) >= 11 is 0. The first-order valence-electron chi connectivity index (χ1n) is 5.66. The molecule has 1 aliphatic rings. The zero-order valence-electron chi connectivity index (χ0n) is 9.42. The van der Waals surface area contributed by atoms with E-state index >= 15 is 0 Å². The number of aromatic nitrogens is 1. The van der Waals surface area contributed by atoms with E-state index in [2.05, 4.69) is 18.0 Å². The van der Waals surface area contributed by atoms with Gasteiger partial charge >= 0.3 is 0 Å². The fraction of sp³-hybridized carbons (Fsp3) is 0.583. The van der Waals surface area contributed by atoms with Gasteiger partial charge in [0.1, 0.15) is 0 Å². The molecule has 1 aliphatic heterocycles. The number of hydrogen-bond donors (Lipinski definition) is 0. The molecule has 2 nitrogen and oxygen atoms in total. The Kier molecular flexibility index (Phi) is 3.49. The van der Waals surface area contributed by atoms with Crippen molar-refractivity contribution in [2.24, 2.45) is 0 Å². The van der Waals surface area contributed by atoms with E-state index in [1.807, 2.05) is 6.20 Å². The van der Waals surface area contributed by atoms with Crippen molar-refractivity contribution >= 4 is 0 Å². The summed E-state index contributed by atoms with van der Waals surface area (Å²) in [5.41, 5.74) is 3.41. The molecule has 0 fully saturated rings. The Hall–Kier alpha value is -1.03. The quantitative estimate of drug-likeness (QED) is 0.786. The first-order chi connectivity index (χ1) is 7.69. The predicted octanol–water partition coefficient (Wildman–Crippen LogP) is 2.27. The van der Waals surface area contributed by atoms with Gasteiger partial charge < -0.3 is 0 Å². The first-order valence-corrected chi connectivity index (χ1v) is 5.66. The topological polar surface area (TPSA) is 16.1 Å². The molecule has 0 N–H and O–H groups in total. The highest BCUT2D eigenvalue weighted by Gasteiger charge is 2.19. The predicted molar refractivity (Wildman–Crippen MR) is 58.6 cm³/mol. The summed E-state index contributed by atoms with van der Waals surface area (Å²) in [6.45, 7) is 3.22. The van der Waals surface area contributed by atoms with Crippen molar-refractivity contribution in [3.63, 3.8) is 0 Å². The lowest BCUT2D eigenvalue weighted by atomic mass is 10.0. The van der Waals surface area contributed by atoms with Crippen molar-refractivity contribution in [3.8, 4) is 0 Å². The second-order valence-electron chi connectivity index (χ2n) is 4.18. The monoisotopic (exact) mass is 226 g/mol. The molecule has 16 heavy (non-hydrogen) atoms. The molecule has 88 valence electrons. The fourth-order valence-electron chi connectivity index (χ4n) is 2.06. The summed E-state index contributed by atoms with van der Waals surface area (Å²) in [5.74, 6) is 0. The molecular weight excluding hydrogens is 210 g/mol. The molecule has 2 rings (SSSR count). The Morgan fingerprint density at radius 2 is 2.31 bits per heavy atom. The van der Waals surface area contributed by atoms with Crippen molar-refractivity contribution in [2.45, 2.75) is 32.7 Å². The Bertz CT molecular complexity index is 366. The SMILES string of the molecule is CCc1cnc2c(c1)CCN(CC(F)F)C2. The van der Waals surface area contributed by atoms with Crippen LogP contribution in [0.4, 0.5) is 8.78 Å². The lowest BCUT2D eigenvalue weighted by Crippen LogP contribution is -2.34. The van der Waals surface area contributed by atoms with Crippen LogP contribution in [0.25, 0.3) is 0 Å². The van der Waals surface area contributed by atoms with Gasteiger partial charge in [0.25, 0.3) is 6.43 Å². The molecule has 0 spiro atoms. The zero-order valence-corrected chi connectivity index (χ0v) is 9.42. The van der Waals surface area contributed by atoms with E-state index in [4.69, 9.17) is 0 Å². The van der Waals surface area contributed by atoms with Gasteiger partial charge in [-0.1, -0.05) is 13.0 Å². The smallest absolute Gasteiger partial charge is 0.251 e. The molecule has 1 aromatic rings. The zero-order chi connectivity index (χ0) is 11.5. The van der Waals surface area contributed by atoms with Crippen molar-refractivity contribution in [3.05, 3.63) is 29.1 Å². The van der Waals surface area contributed by atoms with Gasteiger partial charge in [-0.15, -0.1) is 0 Å². The largest absolute Gasteiger partial charge is 0.292 e. The molecule has 4 heteroatoms. The third-order valence-electron chi connectivity index (χ3n) is 2.99. The first kappa shape index (κ1) is 11.5. The number of aryl methyl sites for hydroxylation is 1. The Morgan fingerprint density at radius 1 is 1.50 bits per heavy atom. The van der Waals surface area contributed by atoms with Crippen molar-refractivity contribution < 1.29 is 8.78 Å². The van der Waals surface area contributed by atoms with E-state index < -0.39 is 6.43 Å². The number of fused-ring (bicyclic) bond motifs is 1. The maximum absolute atomic E-state index is 12.3. The minimum atomic E-state index is -2.25. The Morgan fingerprint density at radius 3 is 3.00 bits per heavy atom. The number of pyridine rings is 1. The summed E-state index contributed by atoms with van der Waals surface area (Å²) in [5, 5.41) is 0. The molecular formula is C12H16F2N2. The number of nitrogens with zero attached hydrogens (tertiary/aromatic N) is 2. The van der Waals surface area contributed by atoms with E-state index in [0.29, 0.717) is 13.1 Å². The molecule has 0 radical (unpaired) electrons. The van der Waals surface area contributed by atoms with Crippen LogP contribution in [0.2, 0.25) is 0 Å². The van der Waals surface area contributed by atoms with E-state index in [1.54, 1.807) is 4.90 Å². The van der Waals surface area contributed by atoms with Gasteiger partial charge in [0, 0.05) is 19.3 Å². The number of rotatable bonds is 3. The lowest BCUT2D eigenvalue weighted by molar-refractivity contribution is 0.0812. The van der Waals surface area contributed by atoms with Gasteiger partial charge in [-0.25, -0.2) is 8.78 Å².